The predicted octanol–water partition coefficient (Wildman–Crippen LogP) is 3.05. The summed E-state index contributed by atoms with van der Waals surface area (Å²) in [5.41, 5.74) is 8.00. The SMILES string of the molecule is COc1ccc(CN(C)Cc2c(N)cccc2F)cc1. The number of nitrogens with two attached hydrogens (primary N) is 1. The van der Waals surface area contributed by atoms with Gasteiger partial charge in [-0.15, -0.1) is 0 Å². The molecule has 0 amide bonds. The van der Waals surface area contributed by atoms with Crippen LogP contribution in [0.5, 0.6) is 5.75 Å². The van der Waals surface area contributed by atoms with Crippen LogP contribution in [-0.4, -0.2) is 19.1 Å². The van der Waals surface area contributed by atoms with Gasteiger partial charge in [0.25, 0.3) is 0 Å². The lowest BCUT2D eigenvalue weighted by Gasteiger charge is -2.18. The number of nitrogen functional groups attached to an aromatic ring is 1. The molecule has 106 valence electrons. The molecule has 2 N–H and O–H groups in total. The summed E-state index contributed by atoms with van der Waals surface area (Å²) >= 11 is 0. The fraction of sp³-hybridized carbons (Fsp3) is 0.250. The minimum atomic E-state index is -0.258. The lowest BCUT2D eigenvalue weighted by atomic mass is 10.1. The molecule has 0 saturated heterocycles. The van der Waals surface area contributed by atoms with E-state index in [4.69, 9.17) is 10.5 Å². The molecule has 0 atom stereocenters. The summed E-state index contributed by atoms with van der Waals surface area (Å²) in [7, 11) is 3.58. The lowest BCUT2D eigenvalue weighted by Crippen LogP contribution is -2.19. The van der Waals surface area contributed by atoms with Crippen LogP contribution in [0, 0.1) is 5.82 Å². The van der Waals surface area contributed by atoms with Gasteiger partial charge in [0.15, 0.2) is 0 Å². The molecule has 0 saturated carbocycles. The highest BCUT2D eigenvalue weighted by Gasteiger charge is 2.09. The van der Waals surface area contributed by atoms with E-state index in [-0.39, 0.29) is 5.82 Å². The standard InChI is InChI=1S/C16H19FN2O/c1-19(10-12-6-8-13(20-2)9-7-12)11-14-15(17)4-3-5-16(14)18/h3-9H,10-11,18H2,1-2H3. The number of hydrogen-bond acceptors (Lipinski definition) is 3. The predicted molar refractivity (Wildman–Crippen MR) is 79.0 cm³/mol. The molecule has 0 spiro atoms. The smallest absolute Gasteiger partial charge is 0.129 e. The third kappa shape index (κ3) is 3.48. The Morgan fingerprint density at radius 2 is 1.80 bits per heavy atom. The quantitative estimate of drug-likeness (QED) is 0.852. The first-order chi connectivity index (χ1) is 9.60. The van der Waals surface area contributed by atoms with Crippen LogP contribution in [0.3, 0.4) is 0 Å². The van der Waals surface area contributed by atoms with Crippen molar-refractivity contribution in [2.45, 2.75) is 13.1 Å². The second kappa shape index (κ2) is 6.39. The van der Waals surface area contributed by atoms with E-state index in [2.05, 4.69) is 0 Å². The van der Waals surface area contributed by atoms with Gasteiger partial charge in [0.1, 0.15) is 11.6 Å². The van der Waals surface area contributed by atoms with Crippen LogP contribution in [0.4, 0.5) is 10.1 Å². The Morgan fingerprint density at radius 1 is 1.10 bits per heavy atom. The van der Waals surface area contributed by atoms with Gasteiger partial charge >= 0.3 is 0 Å². The Labute approximate surface area is 118 Å². The van der Waals surface area contributed by atoms with Crippen molar-refractivity contribution in [3.63, 3.8) is 0 Å². The lowest BCUT2D eigenvalue weighted by molar-refractivity contribution is 0.314. The van der Waals surface area contributed by atoms with Crippen molar-refractivity contribution in [1.82, 2.24) is 4.90 Å². The van der Waals surface area contributed by atoms with Gasteiger partial charge in [0.2, 0.25) is 0 Å². The maximum Gasteiger partial charge on any atom is 0.129 e. The molecule has 0 aliphatic carbocycles. The fourth-order valence-corrected chi connectivity index (χ4v) is 2.11. The number of ether oxygens (including phenoxy) is 1. The number of nitrogens with zero attached hydrogens (tertiary/aromatic N) is 1. The molecular weight excluding hydrogens is 255 g/mol. The maximum atomic E-state index is 13.7. The van der Waals surface area contributed by atoms with Crippen molar-refractivity contribution in [1.29, 1.82) is 0 Å². The number of anilines is 1. The first-order valence-corrected chi connectivity index (χ1v) is 6.44. The van der Waals surface area contributed by atoms with Gasteiger partial charge in [0.05, 0.1) is 7.11 Å². The molecular formula is C16H19FN2O. The summed E-state index contributed by atoms with van der Waals surface area (Å²) in [5, 5.41) is 0. The zero-order valence-electron chi connectivity index (χ0n) is 11.8. The van der Waals surface area contributed by atoms with E-state index >= 15 is 0 Å². The molecule has 2 aromatic rings. The van der Waals surface area contributed by atoms with Gasteiger partial charge in [-0.3, -0.25) is 4.90 Å². The molecule has 0 unspecified atom stereocenters. The maximum absolute atomic E-state index is 13.7. The normalized spacial score (nSPS) is 10.8. The number of halogens is 1. The molecule has 20 heavy (non-hydrogen) atoms. The molecule has 0 bridgehead atoms. The van der Waals surface area contributed by atoms with Crippen LogP contribution in [-0.2, 0) is 13.1 Å². The van der Waals surface area contributed by atoms with Crippen molar-refractivity contribution in [2.24, 2.45) is 0 Å². The highest BCUT2D eigenvalue weighted by atomic mass is 19.1. The Kier molecular flexibility index (Phi) is 4.58. The fourth-order valence-electron chi connectivity index (χ4n) is 2.11. The Balaban J connectivity index is 2.03. The molecule has 2 aromatic carbocycles. The monoisotopic (exact) mass is 274 g/mol. The molecule has 0 aliphatic heterocycles. The number of methoxy groups -OCH3 is 1. The third-order valence-electron chi connectivity index (χ3n) is 3.19. The van der Waals surface area contributed by atoms with Crippen LogP contribution in [0.15, 0.2) is 42.5 Å². The van der Waals surface area contributed by atoms with Crippen molar-refractivity contribution >= 4 is 5.69 Å². The van der Waals surface area contributed by atoms with Gasteiger partial charge < -0.3 is 10.5 Å². The van der Waals surface area contributed by atoms with Crippen LogP contribution in [0.25, 0.3) is 0 Å². The van der Waals surface area contributed by atoms with Gasteiger partial charge in [-0.2, -0.15) is 0 Å². The molecule has 4 heteroatoms. The molecule has 0 heterocycles. The second-order valence-electron chi connectivity index (χ2n) is 4.83. The summed E-state index contributed by atoms with van der Waals surface area (Å²) in [6.07, 6.45) is 0. The molecule has 0 aliphatic rings. The van der Waals surface area contributed by atoms with E-state index in [9.17, 15) is 4.39 Å². The summed E-state index contributed by atoms with van der Waals surface area (Å²) in [4.78, 5) is 2.02. The molecule has 0 radical (unpaired) electrons. The van der Waals surface area contributed by atoms with Crippen molar-refractivity contribution in [2.75, 3.05) is 19.9 Å². The van der Waals surface area contributed by atoms with E-state index in [1.807, 2.05) is 36.2 Å². The molecule has 0 fully saturated rings. The van der Waals surface area contributed by atoms with E-state index in [0.717, 1.165) is 17.9 Å². The highest BCUT2D eigenvalue weighted by Crippen LogP contribution is 2.19. The Bertz CT molecular complexity index is 549. The molecule has 2 rings (SSSR count). The van der Waals surface area contributed by atoms with E-state index in [0.29, 0.717) is 17.8 Å². The summed E-state index contributed by atoms with van der Waals surface area (Å²) in [6.45, 7) is 1.20. The Morgan fingerprint density at radius 3 is 2.40 bits per heavy atom. The van der Waals surface area contributed by atoms with E-state index < -0.39 is 0 Å². The molecule has 3 nitrogen and oxygen atoms in total. The average molecular weight is 274 g/mol. The second-order valence-corrected chi connectivity index (χ2v) is 4.83. The first-order valence-electron chi connectivity index (χ1n) is 6.44. The van der Waals surface area contributed by atoms with Gasteiger partial charge in [0, 0.05) is 24.3 Å². The van der Waals surface area contributed by atoms with Crippen molar-refractivity contribution < 1.29 is 9.13 Å². The number of hydrogen-bond donors (Lipinski definition) is 1. The van der Waals surface area contributed by atoms with Gasteiger partial charge in [-0.05, 0) is 36.9 Å². The number of rotatable bonds is 5. The zero-order chi connectivity index (χ0) is 14.5. The first kappa shape index (κ1) is 14.3. The van der Waals surface area contributed by atoms with E-state index in [1.54, 1.807) is 19.2 Å². The number of benzene rings is 2. The van der Waals surface area contributed by atoms with Gasteiger partial charge in [-0.25, -0.2) is 4.39 Å². The van der Waals surface area contributed by atoms with Crippen molar-refractivity contribution in [3.05, 3.63) is 59.4 Å². The van der Waals surface area contributed by atoms with Crippen LogP contribution in [0.1, 0.15) is 11.1 Å². The average Bonchev–Trinajstić information content (AvgIpc) is 2.44. The van der Waals surface area contributed by atoms with Crippen LogP contribution in [0.2, 0.25) is 0 Å². The van der Waals surface area contributed by atoms with E-state index in [1.165, 1.54) is 6.07 Å². The zero-order valence-corrected chi connectivity index (χ0v) is 11.8. The summed E-state index contributed by atoms with van der Waals surface area (Å²) in [5.74, 6) is 0.571. The minimum Gasteiger partial charge on any atom is -0.497 e. The molecule has 0 aromatic heterocycles. The minimum absolute atomic E-state index is 0.258. The van der Waals surface area contributed by atoms with Crippen LogP contribution >= 0.6 is 0 Å². The Hall–Kier alpha value is -2.07. The highest BCUT2D eigenvalue weighted by molar-refractivity contribution is 5.47. The third-order valence-corrected chi connectivity index (χ3v) is 3.19. The van der Waals surface area contributed by atoms with Gasteiger partial charge in [-0.1, -0.05) is 18.2 Å². The largest absolute Gasteiger partial charge is 0.497 e. The summed E-state index contributed by atoms with van der Waals surface area (Å²) in [6, 6.07) is 12.6. The topological polar surface area (TPSA) is 38.5 Å². The van der Waals surface area contributed by atoms with Crippen LogP contribution < -0.4 is 10.5 Å². The van der Waals surface area contributed by atoms with Crippen molar-refractivity contribution in [3.8, 4) is 5.75 Å². The summed E-state index contributed by atoms with van der Waals surface area (Å²) < 4.78 is 18.8.